The zero-order valence-corrected chi connectivity index (χ0v) is 11.5. The van der Waals surface area contributed by atoms with E-state index in [9.17, 15) is 9.59 Å². The fourth-order valence-electron chi connectivity index (χ4n) is 1.90. The molecule has 1 N–H and O–H groups in total. The predicted octanol–water partition coefficient (Wildman–Crippen LogP) is 2.15. The minimum absolute atomic E-state index is 0.00307. The van der Waals surface area contributed by atoms with Crippen LogP contribution in [0, 0.1) is 5.92 Å². The Balaban J connectivity index is 1.90. The summed E-state index contributed by atoms with van der Waals surface area (Å²) >= 11 is 1.33. The molecule has 0 aromatic carbocycles. The molecule has 0 saturated carbocycles. The molecule has 5 nitrogen and oxygen atoms in total. The Morgan fingerprint density at radius 2 is 2.37 bits per heavy atom. The van der Waals surface area contributed by atoms with Crippen LogP contribution in [0.1, 0.15) is 25.0 Å². The van der Waals surface area contributed by atoms with E-state index in [0.717, 1.165) is 19.3 Å². The van der Waals surface area contributed by atoms with Crippen molar-refractivity contribution in [2.24, 2.45) is 5.92 Å². The number of methoxy groups -OCH3 is 1. The Morgan fingerprint density at radius 1 is 1.53 bits per heavy atom. The van der Waals surface area contributed by atoms with Gasteiger partial charge in [0.2, 0.25) is 5.91 Å². The molecule has 1 atom stereocenters. The number of hydrogen-bond donors (Lipinski definition) is 1. The summed E-state index contributed by atoms with van der Waals surface area (Å²) in [6.45, 7) is 0. The molecule has 102 valence electrons. The van der Waals surface area contributed by atoms with Crippen molar-refractivity contribution in [3.8, 4) is 0 Å². The quantitative estimate of drug-likeness (QED) is 0.678. The molecule has 19 heavy (non-hydrogen) atoms. The number of allylic oxidation sites excluding steroid dienone is 2. The van der Waals surface area contributed by atoms with Crippen LogP contribution >= 0.6 is 11.3 Å². The molecule has 1 amide bonds. The van der Waals surface area contributed by atoms with Gasteiger partial charge >= 0.3 is 5.97 Å². The maximum atomic E-state index is 12.0. The summed E-state index contributed by atoms with van der Waals surface area (Å²) in [5.41, 5.74) is 0.621. The van der Waals surface area contributed by atoms with Gasteiger partial charge in [-0.2, -0.15) is 0 Å². The topological polar surface area (TPSA) is 68.3 Å². The number of rotatable bonds is 4. The first-order chi connectivity index (χ1) is 9.19. The first-order valence-electron chi connectivity index (χ1n) is 6.16. The van der Waals surface area contributed by atoms with E-state index >= 15 is 0 Å². The van der Waals surface area contributed by atoms with Crippen LogP contribution in [0.15, 0.2) is 17.5 Å². The minimum atomic E-state index is -0.333. The van der Waals surface area contributed by atoms with Crippen molar-refractivity contribution in [1.29, 1.82) is 0 Å². The standard InChI is InChI=1S/C13H16N2O3S/c1-18-11(16)7-10-8-19-13(14-10)15-12(17)9-5-3-2-4-6-9/h2-3,8-9H,4-7H2,1H3,(H,14,15,17)/t9-/m0/s1. The van der Waals surface area contributed by atoms with Gasteiger partial charge in [-0.25, -0.2) is 4.98 Å². The minimum Gasteiger partial charge on any atom is -0.469 e. The number of carbonyl (C=O) groups excluding carboxylic acids is 2. The van der Waals surface area contributed by atoms with Gasteiger partial charge in [0, 0.05) is 11.3 Å². The van der Waals surface area contributed by atoms with Crippen molar-refractivity contribution in [3.05, 3.63) is 23.2 Å². The third-order valence-corrected chi connectivity index (χ3v) is 3.78. The van der Waals surface area contributed by atoms with Gasteiger partial charge in [0.25, 0.3) is 0 Å². The molecule has 1 aromatic heterocycles. The Kier molecular flexibility index (Phi) is 4.68. The first kappa shape index (κ1) is 13.7. The summed E-state index contributed by atoms with van der Waals surface area (Å²) in [5, 5.41) is 5.10. The predicted molar refractivity (Wildman–Crippen MR) is 72.9 cm³/mol. The molecule has 0 saturated heterocycles. The molecule has 0 radical (unpaired) electrons. The number of ether oxygens (including phenoxy) is 1. The Morgan fingerprint density at radius 3 is 3.05 bits per heavy atom. The van der Waals surface area contributed by atoms with Crippen LogP contribution in [0.2, 0.25) is 0 Å². The van der Waals surface area contributed by atoms with Crippen LogP contribution in [0.3, 0.4) is 0 Å². The smallest absolute Gasteiger partial charge is 0.311 e. The first-order valence-corrected chi connectivity index (χ1v) is 7.04. The number of anilines is 1. The lowest BCUT2D eigenvalue weighted by Gasteiger charge is -2.15. The molecule has 1 aromatic rings. The lowest BCUT2D eigenvalue weighted by atomic mass is 9.94. The van der Waals surface area contributed by atoms with Crippen molar-refractivity contribution < 1.29 is 14.3 Å². The van der Waals surface area contributed by atoms with Crippen molar-refractivity contribution >= 4 is 28.3 Å². The number of nitrogens with zero attached hydrogens (tertiary/aromatic N) is 1. The van der Waals surface area contributed by atoms with Crippen molar-refractivity contribution in [2.75, 3.05) is 12.4 Å². The highest BCUT2D eigenvalue weighted by Gasteiger charge is 2.19. The van der Waals surface area contributed by atoms with Gasteiger partial charge in [-0.1, -0.05) is 12.2 Å². The van der Waals surface area contributed by atoms with Crippen LogP contribution in [0.25, 0.3) is 0 Å². The van der Waals surface area contributed by atoms with Crippen LogP contribution in [-0.4, -0.2) is 24.0 Å². The van der Waals surface area contributed by atoms with Gasteiger partial charge in [-0.15, -0.1) is 11.3 Å². The number of amides is 1. The summed E-state index contributed by atoms with van der Waals surface area (Å²) in [7, 11) is 1.34. The molecule has 0 unspecified atom stereocenters. The summed E-state index contributed by atoms with van der Waals surface area (Å²) in [6.07, 6.45) is 6.88. The largest absolute Gasteiger partial charge is 0.469 e. The molecule has 2 rings (SSSR count). The van der Waals surface area contributed by atoms with Gasteiger partial charge in [-0.3, -0.25) is 9.59 Å². The third-order valence-electron chi connectivity index (χ3n) is 2.97. The number of nitrogens with one attached hydrogen (secondary N) is 1. The van der Waals surface area contributed by atoms with Gasteiger partial charge in [-0.05, 0) is 19.3 Å². The SMILES string of the molecule is COC(=O)Cc1csc(NC(=O)[C@H]2CC=CCC2)n1. The maximum absolute atomic E-state index is 12.0. The molecule has 0 bridgehead atoms. The van der Waals surface area contributed by atoms with E-state index in [0.29, 0.717) is 10.8 Å². The van der Waals surface area contributed by atoms with E-state index < -0.39 is 0 Å². The highest BCUT2D eigenvalue weighted by Crippen LogP contribution is 2.22. The third kappa shape index (κ3) is 3.89. The second kappa shape index (κ2) is 6.47. The highest BCUT2D eigenvalue weighted by atomic mass is 32.1. The lowest BCUT2D eigenvalue weighted by molar-refractivity contribution is -0.139. The Bertz CT molecular complexity index is 496. The van der Waals surface area contributed by atoms with Gasteiger partial charge in [0.15, 0.2) is 5.13 Å². The molecule has 1 heterocycles. The fourth-order valence-corrected chi connectivity index (χ4v) is 2.62. The zero-order chi connectivity index (χ0) is 13.7. The second-order valence-electron chi connectivity index (χ2n) is 4.37. The maximum Gasteiger partial charge on any atom is 0.311 e. The van der Waals surface area contributed by atoms with E-state index in [1.807, 2.05) is 6.08 Å². The Hall–Kier alpha value is -1.69. The van der Waals surface area contributed by atoms with Gasteiger partial charge in [0.05, 0.1) is 19.2 Å². The van der Waals surface area contributed by atoms with Crippen LogP contribution in [-0.2, 0) is 20.7 Å². The van der Waals surface area contributed by atoms with Gasteiger partial charge < -0.3 is 10.1 Å². The Labute approximate surface area is 115 Å². The number of aromatic nitrogens is 1. The van der Waals surface area contributed by atoms with E-state index in [2.05, 4.69) is 21.1 Å². The summed E-state index contributed by atoms with van der Waals surface area (Å²) in [6, 6.07) is 0. The molecule has 1 aliphatic carbocycles. The van der Waals surface area contributed by atoms with Crippen molar-refractivity contribution in [1.82, 2.24) is 4.98 Å². The van der Waals surface area contributed by atoms with Crippen LogP contribution in [0.4, 0.5) is 5.13 Å². The zero-order valence-electron chi connectivity index (χ0n) is 10.7. The van der Waals surface area contributed by atoms with Crippen molar-refractivity contribution in [2.45, 2.75) is 25.7 Å². The average molecular weight is 280 g/mol. The van der Waals surface area contributed by atoms with Crippen LogP contribution < -0.4 is 5.32 Å². The monoisotopic (exact) mass is 280 g/mol. The summed E-state index contributed by atoms with van der Waals surface area (Å²) in [5.74, 6) is -0.304. The average Bonchev–Trinajstić information content (AvgIpc) is 2.86. The number of hydrogen-bond acceptors (Lipinski definition) is 5. The highest BCUT2D eigenvalue weighted by molar-refractivity contribution is 7.13. The van der Waals surface area contributed by atoms with Crippen LogP contribution in [0.5, 0.6) is 0 Å². The molecule has 0 aliphatic heterocycles. The molecule has 6 heteroatoms. The van der Waals surface area contributed by atoms with E-state index in [1.165, 1.54) is 18.4 Å². The normalized spacial score (nSPS) is 18.1. The molecule has 0 fully saturated rings. The van der Waals surface area contributed by atoms with Crippen molar-refractivity contribution in [3.63, 3.8) is 0 Å². The number of carbonyl (C=O) groups is 2. The molecular weight excluding hydrogens is 264 g/mol. The van der Waals surface area contributed by atoms with E-state index in [4.69, 9.17) is 0 Å². The molecule has 1 aliphatic rings. The van der Waals surface area contributed by atoms with E-state index in [1.54, 1.807) is 5.38 Å². The fraction of sp³-hybridized carbons (Fsp3) is 0.462. The second-order valence-corrected chi connectivity index (χ2v) is 5.23. The molecule has 0 spiro atoms. The lowest BCUT2D eigenvalue weighted by Crippen LogP contribution is -2.23. The van der Waals surface area contributed by atoms with E-state index in [-0.39, 0.29) is 24.2 Å². The molecular formula is C13H16N2O3S. The number of thiazole rings is 1. The summed E-state index contributed by atoms with van der Waals surface area (Å²) in [4.78, 5) is 27.3. The summed E-state index contributed by atoms with van der Waals surface area (Å²) < 4.78 is 4.57. The number of esters is 1. The van der Waals surface area contributed by atoms with Gasteiger partial charge in [0.1, 0.15) is 0 Å².